The zero-order valence-corrected chi connectivity index (χ0v) is 8.19. The lowest BCUT2D eigenvalue weighted by Gasteiger charge is -2.27. The molecule has 0 aliphatic rings. The molecule has 1 unspecified atom stereocenters. The van der Waals surface area contributed by atoms with Gasteiger partial charge in [-0.3, -0.25) is 4.79 Å². The summed E-state index contributed by atoms with van der Waals surface area (Å²) in [6.45, 7) is 0.177. The van der Waals surface area contributed by atoms with Crippen LogP contribution in [-0.4, -0.2) is 73.5 Å². The summed E-state index contributed by atoms with van der Waals surface area (Å²) in [5, 5.41) is 54.0. The third-order valence-electron chi connectivity index (χ3n) is 2.02. The Bertz CT molecular complexity index is 207. The van der Waals surface area contributed by atoms with Crippen LogP contribution in [0.2, 0.25) is 0 Å². The predicted octanol–water partition coefficient (Wildman–Crippen LogP) is -3.63. The van der Waals surface area contributed by atoms with Crippen LogP contribution in [0.1, 0.15) is 6.92 Å². The van der Waals surface area contributed by atoms with E-state index in [9.17, 15) is 15.0 Å². The third-order valence-corrected chi connectivity index (χ3v) is 2.02. The second kappa shape index (κ2) is 6.11. The number of aliphatic hydroxyl groups excluding tert-OH is 6. The summed E-state index contributed by atoms with van der Waals surface area (Å²) in [4.78, 5) is 10.6. The fourth-order valence-corrected chi connectivity index (χ4v) is 0.965. The van der Waals surface area contributed by atoms with Gasteiger partial charge in [-0.15, -0.1) is 0 Å². The van der Waals surface area contributed by atoms with Crippen molar-refractivity contribution in [3.8, 4) is 0 Å². The van der Waals surface area contributed by atoms with E-state index in [0.717, 1.165) is 6.92 Å². The van der Waals surface area contributed by atoms with Crippen molar-refractivity contribution in [1.29, 1.82) is 0 Å². The lowest BCUT2D eigenvalue weighted by molar-refractivity contribution is -0.154. The predicted molar refractivity (Wildman–Crippen MR) is 47.8 cm³/mol. The molecule has 15 heavy (non-hydrogen) atoms. The van der Waals surface area contributed by atoms with Crippen LogP contribution in [-0.2, 0) is 4.79 Å². The van der Waals surface area contributed by atoms with E-state index in [0.29, 0.717) is 0 Å². The van der Waals surface area contributed by atoms with Crippen LogP contribution in [0.15, 0.2) is 0 Å². The summed E-state index contributed by atoms with van der Waals surface area (Å²) in [6, 6.07) is 0. The first-order valence-corrected chi connectivity index (χ1v) is 4.34. The van der Waals surface area contributed by atoms with Gasteiger partial charge in [-0.1, -0.05) is 0 Å². The molecule has 7 nitrogen and oxygen atoms in total. The molecule has 0 saturated carbocycles. The van der Waals surface area contributed by atoms with Crippen molar-refractivity contribution in [1.82, 2.24) is 0 Å². The van der Waals surface area contributed by atoms with E-state index in [1.165, 1.54) is 0 Å². The third kappa shape index (κ3) is 3.82. The minimum absolute atomic E-state index is 0.785. The Morgan fingerprint density at radius 2 is 1.47 bits per heavy atom. The van der Waals surface area contributed by atoms with Gasteiger partial charge in [0.05, 0.1) is 6.61 Å². The largest absolute Gasteiger partial charge is 0.394 e. The Hall–Kier alpha value is -0.570. The highest BCUT2D eigenvalue weighted by Crippen LogP contribution is 2.08. The van der Waals surface area contributed by atoms with Crippen LogP contribution in [0.5, 0.6) is 0 Å². The van der Waals surface area contributed by atoms with Gasteiger partial charge >= 0.3 is 0 Å². The zero-order chi connectivity index (χ0) is 12.2. The van der Waals surface area contributed by atoms with E-state index in [1.54, 1.807) is 0 Å². The number of hydrogen-bond acceptors (Lipinski definition) is 7. The lowest BCUT2D eigenvalue weighted by atomic mass is 9.98. The second-order valence-corrected chi connectivity index (χ2v) is 3.28. The van der Waals surface area contributed by atoms with Gasteiger partial charge in [0.25, 0.3) is 0 Å². The van der Waals surface area contributed by atoms with Crippen LogP contribution in [0, 0.1) is 0 Å². The summed E-state index contributed by atoms with van der Waals surface area (Å²) < 4.78 is 0. The fourth-order valence-electron chi connectivity index (χ4n) is 0.965. The molecule has 0 rings (SSSR count). The van der Waals surface area contributed by atoms with Crippen LogP contribution in [0.3, 0.4) is 0 Å². The maximum atomic E-state index is 10.6. The van der Waals surface area contributed by atoms with E-state index in [4.69, 9.17) is 20.4 Å². The highest BCUT2D eigenvalue weighted by atomic mass is 16.4. The molecule has 0 fully saturated rings. The average Bonchev–Trinajstić information content (AvgIpc) is 2.23. The van der Waals surface area contributed by atoms with Crippen LogP contribution in [0.4, 0.5) is 0 Å². The first-order chi connectivity index (χ1) is 6.82. The van der Waals surface area contributed by atoms with E-state index < -0.39 is 42.9 Å². The van der Waals surface area contributed by atoms with Gasteiger partial charge in [-0.25, -0.2) is 0 Å². The van der Waals surface area contributed by atoms with Crippen LogP contribution < -0.4 is 0 Å². The second-order valence-electron chi connectivity index (χ2n) is 3.28. The monoisotopic (exact) mass is 224 g/mol. The maximum Gasteiger partial charge on any atom is 0.160 e. The highest BCUT2D eigenvalue weighted by Gasteiger charge is 2.35. The molecule has 0 spiro atoms. The van der Waals surface area contributed by atoms with Crippen molar-refractivity contribution in [3.63, 3.8) is 0 Å². The molecule has 0 aliphatic heterocycles. The molecule has 6 N–H and O–H groups in total. The van der Waals surface area contributed by atoms with Crippen molar-refractivity contribution < 1.29 is 35.4 Å². The molecule has 0 heterocycles. The number of carbonyl (C=O) groups is 1. The molecule has 0 aliphatic carbocycles. The number of rotatable bonds is 6. The highest BCUT2D eigenvalue weighted by molar-refractivity contribution is 5.80. The smallest absolute Gasteiger partial charge is 0.160 e. The summed E-state index contributed by atoms with van der Waals surface area (Å²) in [7, 11) is 0. The molecule has 0 aromatic rings. The van der Waals surface area contributed by atoms with Crippen molar-refractivity contribution in [2.24, 2.45) is 0 Å². The zero-order valence-electron chi connectivity index (χ0n) is 8.19. The molecular formula is C8H16O7. The van der Waals surface area contributed by atoms with Gasteiger partial charge in [0, 0.05) is 0 Å². The quantitative estimate of drug-likeness (QED) is 0.274. The SMILES string of the molecule is CC(=O)C(O)[C@H](O)[C@@H](O)[C@H](O)[C@@H](O)CO. The van der Waals surface area contributed by atoms with Crippen molar-refractivity contribution in [2.75, 3.05) is 6.61 Å². The summed E-state index contributed by atoms with van der Waals surface area (Å²) in [5.74, 6) is -0.785. The van der Waals surface area contributed by atoms with Crippen LogP contribution >= 0.6 is 0 Å². The Morgan fingerprint density at radius 3 is 1.80 bits per heavy atom. The van der Waals surface area contributed by atoms with Gasteiger partial charge in [0.15, 0.2) is 5.78 Å². The van der Waals surface area contributed by atoms with Gasteiger partial charge in [0.2, 0.25) is 0 Å². The topological polar surface area (TPSA) is 138 Å². The summed E-state index contributed by atoms with van der Waals surface area (Å²) in [6.07, 6.45) is -9.20. The Labute approximate surface area is 86.2 Å². The van der Waals surface area contributed by atoms with E-state index in [2.05, 4.69) is 0 Å². The summed E-state index contributed by atoms with van der Waals surface area (Å²) >= 11 is 0. The molecule has 5 atom stereocenters. The number of carbonyl (C=O) groups excluding carboxylic acids is 1. The van der Waals surface area contributed by atoms with E-state index in [1.807, 2.05) is 0 Å². The number of aliphatic hydroxyl groups is 6. The van der Waals surface area contributed by atoms with Gasteiger partial charge in [-0.05, 0) is 6.92 Å². The number of hydrogen-bond donors (Lipinski definition) is 6. The molecule has 7 heteroatoms. The van der Waals surface area contributed by atoms with Gasteiger partial charge in [0.1, 0.15) is 30.5 Å². The van der Waals surface area contributed by atoms with Crippen molar-refractivity contribution in [3.05, 3.63) is 0 Å². The Morgan fingerprint density at radius 1 is 1.00 bits per heavy atom. The molecule has 0 aromatic carbocycles. The number of ketones is 1. The maximum absolute atomic E-state index is 10.6. The molecule has 0 bridgehead atoms. The molecule has 0 aromatic heterocycles. The van der Waals surface area contributed by atoms with Crippen molar-refractivity contribution in [2.45, 2.75) is 37.4 Å². The standard InChI is InChI=1S/C8H16O7/c1-3(10)5(12)7(14)8(15)6(13)4(11)2-9/h4-9,11-15H,2H2,1H3/t4-,5?,6+,7-,8-/m0/s1. The van der Waals surface area contributed by atoms with E-state index in [-0.39, 0.29) is 0 Å². The van der Waals surface area contributed by atoms with Crippen molar-refractivity contribution >= 4 is 5.78 Å². The molecule has 0 radical (unpaired) electrons. The van der Waals surface area contributed by atoms with E-state index >= 15 is 0 Å². The molecule has 90 valence electrons. The number of Topliss-reactive ketones (excluding diaryl/α,β-unsaturated/α-hetero) is 1. The normalized spacial score (nSPS) is 21.5. The minimum Gasteiger partial charge on any atom is -0.394 e. The Balaban J connectivity index is 4.42. The molecular weight excluding hydrogens is 208 g/mol. The average molecular weight is 224 g/mol. The first kappa shape index (κ1) is 14.4. The summed E-state index contributed by atoms with van der Waals surface area (Å²) in [5.41, 5.74) is 0. The van der Waals surface area contributed by atoms with Crippen LogP contribution in [0.25, 0.3) is 0 Å². The van der Waals surface area contributed by atoms with Gasteiger partial charge in [-0.2, -0.15) is 0 Å². The first-order valence-electron chi connectivity index (χ1n) is 4.34. The van der Waals surface area contributed by atoms with Gasteiger partial charge < -0.3 is 30.6 Å². The fraction of sp³-hybridized carbons (Fsp3) is 0.875. The Kier molecular flexibility index (Phi) is 5.88. The molecule has 0 amide bonds. The minimum atomic E-state index is -1.92. The lowest BCUT2D eigenvalue weighted by Crippen LogP contribution is -2.51. The molecule has 0 saturated heterocycles.